The lowest BCUT2D eigenvalue weighted by atomic mass is 10.2. The van der Waals surface area contributed by atoms with Crippen LogP contribution in [0.4, 0.5) is 19.0 Å². The molecule has 0 aliphatic heterocycles. The normalized spacial score (nSPS) is 11.2. The van der Waals surface area contributed by atoms with Gasteiger partial charge in [0.25, 0.3) is 0 Å². The molecule has 106 valence electrons. The van der Waals surface area contributed by atoms with Crippen LogP contribution in [0.1, 0.15) is 5.56 Å². The average molecular weight is 348 g/mol. The Morgan fingerprint density at radius 3 is 2.35 bits per heavy atom. The van der Waals surface area contributed by atoms with E-state index in [-0.39, 0.29) is 11.7 Å². The molecule has 3 N–H and O–H groups in total. The van der Waals surface area contributed by atoms with Gasteiger partial charge in [-0.1, -0.05) is 15.9 Å². The third kappa shape index (κ3) is 3.61. The van der Waals surface area contributed by atoms with Crippen molar-refractivity contribution in [1.82, 2.24) is 4.98 Å². The number of aromatic nitrogens is 1. The van der Waals surface area contributed by atoms with Gasteiger partial charge in [0.15, 0.2) is 0 Å². The van der Waals surface area contributed by atoms with Gasteiger partial charge in [-0.25, -0.2) is 5.84 Å². The molecule has 8 heteroatoms. The number of nitrogens with two attached hydrogens (primary N) is 1. The topological polar surface area (TPSA) is 60.2 Å². The van der Waals surface area contributed by atoms with Gasteiger partial charge in [0, 0.05) is 10.5 Å². The van der Waals surface area contributed by atoms with Gasteiger partial charge in [-0.3, -0.25) is 0 Å². The SMILES string of the molecule is NNc1cc(C(F)(F)F)cc(Oc2ccc(Br)cc2)n1. The molecule has 0 aliphatic carbocycles. The fourth-order valence-electron chi connectivity index (χ4n) is 1.42. The van der Waals surface area contributed by atoms with E-state index in [2.05, 4.69) is 26.3 Å². The molecule has 1 aromatic carbocycles. The number of hydrogen-bond acceptors (Lipinski definition) is 4. The van der Waals surface area contributed by atoms with E-state index in [9.17, 15) is 13.2 Å². The highest BCUT2D eigenvalue weighted by Crippen LogP contribution is 2.33. The van der Waals surface area contributed by atoms with Crippen molar-refractivity contribution in [3.63, 3.8) is 0 Å². The number of nitrogen functional groups attached to an aromatic ring is 1. The summed E-state index contributed by atoms with van der Waals surface area (Å²) in [5.41, 5.74) is 1.18. The quantitative estimate of drug-likeness (QED) is 0.652. The van der Waals surface area contributed by atoms with E-state index in [0.29, 0.717) is 5.75 Å². The number of hydrogen-bond donors (Lipinski definition) is 2. The molecule has 4 nitrogen and oxygen atoms in total. The third-order valence-corrected chi connectivity index (χ3v) is 2.84. The van der Waals surface area contributed by atoms with E-state index in [4.69, 9.17) is 10.6 Å². The van der Waals surface area contributed by atoms with Gasteiger partial charge < -0.3 is 10.2 Å². The lowest BCUT2D eigenvalue weighted by molar-refractivity contribution is -0.137. The number of nitrogens with zero attached hydrogens (tertiary/aromatic N) is 1. The second kappa shape index (κ2) is 5.68. The highest BCUT2D eigenvalue weighted by atomic mass is 79.9. The van der Waals surface area contributed by atoms with E-state index in [0.717, 1.165) is 16.6 Å². The van der Waals surface area contributed by atoms with Crippen LogP contribution in [-0.4, -0.2) is 4.98 Å². The highest BCUT2D eigenvalue weighted by molar-refractivity contribution is 9.10. The summed E-state index contributed by atoms with van der Waals surface area (Å²) in [6.07, 6.45) is -4.51. The van der Waals surface area contributed by atoms with Crippen molar-refractivity contribution in [1.29, 1.82) is 0 Å². The van der Waals surface area contributed by atoms with Crippen molar-refractivity contribution < 1.29 is 17.9 Å². The summed E-state index contributed by atoms with van der Waals surface area (Å²) in [6.45, 7) is 0. The molecule has 20 heavy (non-hydrogen) atoms. The summed E-state index contributed by atoms with van der Waals surface area (Å²) in [5, 5.41) is 0. The van der Waals surface area contributed by atoms with Crippen molar-refractivity contribution in [2.75, 3.05) is 5.43 Å². The number of alkyl halides is 3. The highest BCUT2D eigenvalue weighted by Gasteiger charge is 2.32. The summed E-state index contributed by atoms with van der Waals surface area (Å²) in [6, 6.07) is 8.20. The van der Waals surface area contributed by atoms with Crippen LogP contribution in [0.5, 0.6) is 11.6 Å². The molecule has 0 radical (unpaired) electrons. The van der Waals surface area contributed by atoms with E-state index < -0.39 is 11.7 Å². The van der Waals surface area contributed by atoms with E-state index in [1.165, 1.54) is 0 Å². The Labute approximate surface area is 120 Å². The summed E-state index contributed by atoms with van der Waals surface area (Å²) in [7, 11) is 0. The van der Waals surface area contributed by atoms with Crippen molar-refractivity contribution >= 4 is 21.7 Å². The van der Waals surface area contributed by atoms with Crippen LogP contribution in [0.2, 0.25) is 0 Å². The minimum atomic E-state index is -4.51. The second-order valence-corrected chi connectivity index (χ2v) is 4.69. The smallest absolute Gasteiger partial charge is 0.416 e. The van der Waals surface area contributed by atoms with Gasteiger partial charge >= 0.3 is 6.18 Å². The summed E-state index contributed by atoms with van der Waals surface area (Å²) in [5.74, 6) is 5.13. The Kier molecular flexibility index (Phi) is 4.15. The third-order valence-electron chi connectivity index (χ3n) is 2.31. The molecular weight excluding hydrogens is 339 g/mol. The van der Waals surface area contributed by atoms with Crippen LogP contribution < -0.4 is 16.0 Å². The minimum absolute atomic E-state index is 0.132. The number of benzene rings is 1. The molecule has 0 aliphatic rings. The largest absolute Gasteiger partial charge is 0.439 e. The second-order valence-electron chi connectivity index (χ2n) is 3.78. The summed E-state index contributed by atoms with van der Waals surface area (Å²) < 4.78 is 44.3. The summed E-state index contributed by atoms with van der Waals surface area (Å²) in [4.78, 5) is 3.81. The predicted molar refractivity (Wildman–Crippen MR) is 71.3 cm³/mol. The van der Waals surface area contributed by atoms with Crippen LogP contribution in [0, 0.1) is 0 Å². The molecule has 0 atom stereocenters. The average Bonchev–Trinajstić information content (AvgIpc) is 2.40. The number of anilines is 1. The monoisotopic (exact) mass is 347 g/mol. The maximum Gasteiger partial charge on any atom is 0.416 e. The zero-order valence-electron chi connectivity index (χ0n) is 9.91. The fourth-order valence-corrected chi connectivity index (χ4v) is 1.68. The summed E-state index contributed by atoms with van der Waals surface area (Å²) >= 11 is 3.24. The van der Waals surface area contributed by atoms with Crippen LogP contribution >= 0.6 is 15.9 Å². The van der Waals surface area contributed by atoms with E-state index >= 15 is 0 Å². The molecule has 0 fully saturated rings. The first-order chi connectivity index (χ1) is 9.38. The van der Waals surface area contributed by atoms with E-state index in [1.807, 2.05) is 0 Å². The maximum absolute atomic E-state index is 12.7. The Bertz CT molecular complexity index is 602. The lowest BCUT2D eigenvalue weighted by Crippen LogP contribution is -2.12. The van der Waals surface area contributed by atoms with Gasteiger partial charge in [0.2, 0.25) is 5.88 Å². The molecule has 2 aromatic rings. The zero-order chi connectivity index (χ0) is 14.8. The Morgan fingerprint density at radius 2 is 1.80 bits per heavy atom. The number of pyridine rings is 1. The van der Waals surface area contributed by atoms with Gasteiger partial charge in [-0.15, -0.1) is 0 Å². The number of halogens is 4. The standard InChI is InChI=1S/C12H9BrF3N3O/c13-8-1-3-9(4-2-8)20-11-6-7(12(14,15)16)5-10(18-11)19-17/h1-6H,17H2,(H,18,19). The molecule has 1 aromatic heterocycles. The predicted octanol–water partition coefficient (Wildman–Crippen LogP) is 3.94. The molecule has 2 rings (SSSR count). The number of ether oxygens (including phenoxy) is 1. The lowest BCUT2D eigenvalue weighted by Gasteiger charge is -2.11. The van der Waals surface area contributed by atoms with Crippen molar-refractivity contribution in [3.05, 3.63) is 46.4 Å². The number of hydrazine groups is 1. The van der Waals surface area contributed by atoms with Gasteiger partial charge in [-0.05, 0) is 30.3 Å². The molecule has 0 saturated heterocycles. The molecule has 0 amide bonds. The molecular formula is C12H9BrF3N3O. The molecule has 0 bridgehead atoms. The number of rotatable bonds is 3. The molecule has 0 saturated carbocycles. The van der Waals surface area contributed by atoms with Crippen LogP contribution in [-0.2, 0) is 6.18 Å². The molecule has 0 unspecified atom stereocenters. The maximum atomic E-state index is 12.7. The van der Waals surface area contributed by atoms with Gasteiger partial charge in [0.1, 0.15) is 11.6 Å². The first kappa shape index (κ1) is 14.6. The van der Waals surface area contributed by atoms with Crippen molar-refractivity contribution in [2.24, 2.45) is 5.84 Å². The fraction of sp³-hybridized carbons (Fsp3) is 0.0833. The van der Waals surface area contributed by atoms with E-state index in [1.54, 1.807) is 24.3 Å². The first-order valence-corrected chi connectivity index (χ1v) is 6.17. The van der Waals surface area contributed by atoms with Gasteiger partial charge in [0.05, 0.1) is 5.56 Å². The van der Waals surface area contributed by atoms with Crippen LogP contribution in [0.25, 0.3) is 0 Å². The zero-order valence-corrected chi connectivity index (χ0v) is 11.5. The minimum Gasteiger partial charge on any atom is -0.439 e. The number of nitrogens with one attached hydrogen (secondary N) is 1. The van der Waals surface area contributed by atoms with Crippen LogP contribution in [0.15, 0.2) is 40.9 Å². The Balaban J connectivity index is 2.33. The van der Waals surface area contributed by atoms with Gasteiger partial charge in [-0.2, -0.15) is 18.2 Å². The first-order valence-electron chi connectivity index (χ1n) is 5.38. The molecule has 1 heterocycles. The van der Waals surface area contributed by atoms with Crippen molar-refractivity contribution in [3.8, 4) is 11.6 Å². The molecule has 0 spiro atoms. The Hall–Kier alpha value is -1.80. The van der Waals surface area contributed by atoms with Crippen molar-refractivity contribution in [2.45, 2.75) is 6.18 Å². The Morgan fingerprint density at radius 1 is 1.15 bits per heavy atom. The van der Waals surface area contributed by atoms with Crippen LogP contribution in [0.3, 0.4) is 0 Å².